The van der Waals surface area contributed by atoms with Gasteiger partial charge in [0.05, 0.1) is 11.4 Å². The van der Waals surface area contributed by atoms with Crippen molar-refractivity contribution in [1.29, 1.82) is 0 Å². The Labute approximate surface area is 142 Å². The standard InChI is InChI=1S/C16H16BrClN2O2/c1-2-13(17)16(21)20-8-7-12-14(9-20)19-22-15(12)10-3-5-11(18)6-4-10/h3-6,13H,2,7-9H2,1H3. The minimum atomic E-state index is -0.128. The Hall–Kier alpha value is -1.33. The van der Waals surface area contributed by atoms with E-state index < -0.39 is 0 Å². The van der Waals surface area contributed by atoms with Crippen molar-refractivity contribution in [2.24, 2.45) is 0 Å². The molecule has 0 radical (unpaired) electrons. The fraction of sp³-hybridized carbons (Fsp3) is 0.375. The van der Waals surface area contributed by atoms with Gasteiger partial charge in [0.2, 0.25) is 5.91 Å². The number of rotatable bonds is 3. The fourth-order valence-electron chi connectivity index (χ4n) is 2.62. The molecule has 1 atom stereocenters. The summed E-state index contributed by atoms with van der Waals surface area (Å²) < 4.78 is 5.52. The molecule has 4 nitrogen and oxygen atoms in total. The van der Waals surface area contributed by atoms with Crippen LogP contribution in [0.3, 0.4) is 0 Å². The van der Waals surface area contributed by atoms with Crippen LogP contribution in [0.2, 0.25) is 5.02 Å². The first kappa shape index (κ1) is 15.6. The number of alkyl halides is 1. The Bertz CT molecular complexity index is 684. The number of nitrogens with zero attached hydrogens (tertiary/aromatic N) is 2. The van der Waals surface area contributed by atoms with Crippen molar-refractivity contribution in [1.82, 2.24) is 10.1 Å². The summed E-state index contributed by atoms with van der Waals surface area (Å²) in [5.74, 6) is 0.897. The second kappa shape index (κ2) is 6.42. The molecule has 1 aromatic heterocycles. The highest BCUT2D eigenvalue weighted by molar-refractivity contribution is 9.10. The van der Waals surface area contributed by atoms with E-state index in [2.05, 4.69) is 21.1 Å². The first-order valence-corrected chi connectivity index (χ1v) is 8.55. The number of halogens is 2. The lowest BCUT2D eigenvalue weighted by atomic mass is 10.0. The summed E-state index contributed by atoms with van der Waals surface area (Å²) in [5, 5.41) is 4.85. The summed E-state index contributed by atoms with van der Waals surface area (Å²) in [6.45, 7) is 3.19. The summed E-state index contributed by atoms with van der Waals surface area (Å²) >= 11 is 9.34. The van der Waals surface area contributed by atoms with Gasteiger partial charge >= 0.3 is 0 Å². The zero-order chi connectivity index (χ0) is 15.7. The molecule has 0 N–H and O–H groups in total. The maximum absolute atomic E-state index is 12.3. The molecule has 1 aromatic carbocycles. The molecule has 1 amide bonds. The molecule has 2 heterocycles. The predicted molar refractivity (Wildman–Crippen MR) is 89.1 cm³/mol. The number of hydrogen-bond donors (Lipinski definition) is 0. The quantitative estimate of drug-likeness (QED) is 0.751. The number of benzene rings is 1. The fourth-order valence-corrected chi connectivity index (χ4v) is 3.04. The monoisotopic (exact) mass is 382 g/mol. The largest absolute Gasteiger partial charge is 0.356 e. The Morgan fingerprint density at radius 2 is 2.18 bits per heavy atom. The molecular formula is C16H16BrClN2O2. The van der Waals surface area contributed by atoms with Crippen LogP contribution in [0.25, 0.3) is 11.3 Å². The smallest absolute Gasteiger partial charge is 0.236 e. The molecule has 22 heavy (non-hydrogen) atoms. The van der Waals surface area contributed by atoms with E-state index in [1.54, 1.807) is 0 Å². The highest BCUT2D eigenvalue weighted by atomic mass is 79.9. The van der Waals surface area contributed by atoms with Gasteiger partial charge in [-0.2, -0.15) is 0 Å². The SMILES string of the molecule is CCC(Br)C(=O)N1CCc2c(noc2-c2ccc(Cl)cc2)C1. The van der Waals surface area contributed by atoms with Gasteiger partial charge in [0.1, 0.15) is 5.69 Å². The Morgan fingerprint density at radius 3 is 2.86 bits per heavy atom. The van der Waals surface area contributed by atoms with E-state index in [1.165, 1.54) is 0 Å². The molecule has 116 valence electrons. The van der Waals surface area contributed by atoms with Crippen LogP contribution in [0.4, 0.5) is 0 Å². The van der Waals surface area contributed by atoms with Crippen molar-refractivity contribution in [3.8, 4) is 11.3 Å². The molecule has 3 rings (SSSR count). The minimum absolute atomic E-state index is 0.115. The van der Waals surface area contributed by atoms with Crippen LogP contribution in [0.15, 0.2) is 28.8 Å². The normalized spacial score (nSPS) is 15.5. The maximum atomic E-state index is 12.3. The predicted octanol–water partition coefficient (Wildman–Crippen LogP) is 4.05. The van der Waals surface area contributed by atoms with Crippen LogP contribution < -0.4 is 0 Å². The molecule has 0 saturated carbocycles. The van der Waals surface area contributed by atoms with Crippen molar-refractivity contribution < 1.29 is 9.32 Å². The molecular weight excluding hydrogens is 368 g/mol. The van der Waals surface area contributed by atoms with E-state index in [0.717, 1.165) is 35.4 Å². The van der Waals surface area contributed by atoms with Crippen molar-refractivity contribution in [2.75, 3.05) is 6.54 Å². The molecule has 2 aromatic rings. The highest BCUT2D eigenvalue weighted by Crippen LogP contribution is 2.31. The molecule has 1 aliphatic rings. The number of amides is 1. The van der Waals surface area contributed by atoms with E-state index in [9.17, 15) is 4.79 Å². The van der Waals surface area contributed by atoms with Gasteiger partial charge in [-0.1, -0.05) is 39.6 Å². The summed E-state index contributed by atoms with van der Waals surface area (Å²) in [5.41, 5.74) is 2.90. The number of carbonyl (C=O) groups is 1. The molecule has 0 bridgehead atoms. The van der Waals surface area contributed by atoms with Gasteiger partial charge in [-0.25, -0.2) is 0 Å². The molecule has 1 aliphatic heterocycles. The zero-order valence-electron chi connectivity index (χ0n) is 12.2. The lowest BCUT2D eigenvalue weighted by Gasteiger charge is -2.27. The van der Waals surface area contributed by atoms with Crippen LogP contribution in [-0.4, -0.2) is 27.3 Å². The molecule has 0 saturated heterocycles. The third-order valence-corrected chi connectivity index (χ3v) is 5.18. The molecule has 0 aliphatic carbocycles. The van der Waals surface area contributed by atoms with Gasteiger partial charge in [-0.15, -0.1) is 0 Å². The highest BCUT2D eigenvalue weighted by Gasteiger charge is 2.29. The lowest BCUT2D eigenvalue weighted by Crippen LogP contribution is -2.40. The van der Waals surface area contributed by atoms with Crippen LogP contribution >= 0.6 is 27.5 Å². The number of aromatic nitrogens is 1. The van der Waals surface area contributed by atoms with Gasteiger partial charge in [-0.3, -0.25) is 4.79 Å². The summed E-state index contributed by atoms with van der Waals surface area (Å²) in [6.07, 6.45) is 1.53. The summed E-state index contributed by atoms with van der Waals surface area (Å²) in [7, 11) is 0. The zero-order valence-corrected chi connectivity index (χ0v) is 14.5. The Balaban J connectivity index is 1.83. The van der Waals surface area contributed by atoms with Crippen molar-refractivity contribution in [2.45, 2.75) is 31.1 Å². The number of fused-ring (bicyclic) bond motifs is 1. The molecule has 0 spiro atoms. The second-order valence-electron chi connectivity index (χ2n) is 5.33. The number of hydrogen-bond acceptors (Lipinski definition) is 3. The topological polar surface area (TPSA) is 46.3 Å². The van der Waals surface area contributed by atoms with Crippen molar-refractivity contribution >= 4 is 33.4 Å². The Kier molecular flexibility index (Phi) is 4.54. The molecule has 6 heteroatoms. The van der Waals surface area contributed by atoms with Crippen molar-refractivity contribution in [3.05, 3.63) is 40.5 Å². The summed E-state index contributed by atoms with van der Waals surface area (Å²) in [6, 6.07) is 7.51. The van der Waals surface area contributed by atoms with Crippen LogP contribution in [-0.2, 0) is 17.8 Å². The van der Waals surface area contributed by atoms with Gasteiger partial charge in [-0.05, 0) is 37.1 Å². The van der Waals surface area contributed by atoms with E-state index in [-0.39, 0.29) is 10.7 Å². The van der Waals surface area contributed by atoms with E-state index in [1.807, 2.05) is 36.1 Å². The first-order chi connectivity index (χ1) is 10.6. The average molecular weight is 384 g/mol. The van der Waals surface area contributed by atoms with Crippen LogP contribution in [0, 0.1) is 0 Å². The van der Waals surface area contributed by atoms with Gasteiger partial charge in [0, 0.05) is 22.7 Å². The lowest BCUT2D eigenvalue weighted by molar-refractivity contribution is -0.131. The second-order valence-corrected chi connectivity index (χ2v) is 6.87. The average Bonchev–Trinajstić information content (AvgIpc) is 2.97. The number of carbonyl (C=O) groups excluding carboxylic acids is 1. The van der Waals surface area contributed by atoms with E-state index in [4.69, 9.17) is 16.1 Å². The third-order valence-electron chi connectivity index (χ3n) is 3.89. The van der Waals surface area contributed by atoms with Gasteiger partial charge < -0.3 is 9.42 Å². The molecule has 0 fully saturated rings. The summed E-state index contributed by atoms with van der Waals surface area (Å²) in [4.78, 5) is 14.0. The van der Waals surface area contributed by atoms with Gasteiger partial charge in [0.25, 0.3) is 0 Å². The van der Waals surface area contributed by atoms with E-state index >= 15 is 0 Å². The molecule has 1 unspecified atom stereocenters. The minimum Gasteiger partial charge on any atom is -0.356 e. The van der Waals surface area contributed by atoms with E-state index in [0.29, 0.717) is 18.1 Å². The maximum Gasteiger partial charge on any atom is 0.236 e. The van der Waals surface area contributed by atoms with Crippen LogP contribution in [0.5, 0.6) is 0 Å². The van der Waals surface area contributed by atoms with Crippen LogP contribution in [0.1, 0.15) is 24.6 Å². The van der Waals surface area contributed by atoms with Gasteiger partial charge in [0.15, 0.2) is 5.76 Å². The first-order valence-electron chi connectivity index (χ1n) is 7.26. The Morgan fingerprint density at radius 1 is 1.45 bits per heavy atom. The third kappa shape index (κ3) is 2.92. The van der Waals surface area contributed by atoms with Crippen molar-refractivity contribution in [3.63, 3.8) is 0 Å².